The Kier molecular flexibility index (Phi) is 6.12. The first kappa shape index (κ1) is 20.1. The van der Waals surface area contributed by atoms with E-state index in [0.717, 1.165) is 62.3 Å². The van der Waals surface area contributed by atoms with Crippen molar-refractivity contribution in [3.8, 4) is 0 Å². The fraction of sp³-hybridized carbons (Fsp3) is 0.375. The van der Waals surface area contributed by atoms with Crippen LogP contribution in [0.5, 0.6) is 0 Å². The minimum atomic E-state index is 0.174. The molecule has 0 radical (unpaired) electrons. The van der Waals surface area contributed by atoms with E-state index >= 15 is 0 Å². The first-order valence-electron chi connectivity index (χ1n) is 10.7. The molecular weight excluding hydrogens is 374 g/mol. The molecule has 1 aromatic heterocycles. The van der Waals surface area contributed by atoms with Crippen molar-refractivity contribution in [3.05, 3.63) is 65.6 Å². The molecule has 3 heterocycles. The normalized spacial score (nSPS) is 18.9. The van der Waals surface area contributed by atoms with Crippen molar-refractivity contribution in [2.75, 3.05) is 31.1 Å². The molecule has 4 rings (SSSR count). The Morgan fingerprint density at radius 2 is 2.17 bits per heavy atom. The zero-order valence-corrected chi connectivity index (χ0v) is 17.3. The Labute approximate surface area is 177 Å². The number of carbonyl (C=O) groups excluding carboxylic acids is 1. The SMILES string of the molecule is N=C/C(=C\N)c1ccc2c(c1)CCCN2CC1CCN(C(=O)Cc2ccccn2)C1. The molecule has 1 saturated heterocycles. The average molecular weight is 404 g/mol. The molecule has 2 aromatic rings. The zero-order chi connectivity index (χ0) is 20.9. The van der Waals surface area contributed by atoms with Gasteiger partial charge in [0.05, 0.1) is 6.42 Å². The number of rotatable bonds is 6. The Bertz CT molecular complexity index is 940. The van der Waals surface area contributed by atoms with E-state index < -0.39 is 0 Å². The number of allylic oxidation sites excluding steroid dienone is 1. The molecule has 6 nitrogen and oxygen atoms in total. The fourth-order valence-electron chi connectivity index (χ4n) is 4.56. The number of hydrogen-bond acceptors (Lipinski definition) is 5. The number of hydrogen-bond donors (Lipinski definition) is 2. The lowest BCUT2D eigenvalue weighted by molar-refractivity contribution is -0.129. The third-order valence-corrected chi connectivity index (χ3v) is 6.14. The van der Waals surface area contributed by atoms with E-state index in [1.807, 2.05) is 23.1 Å². The number of aromatic nitrogens is 1. The van der Waals surface area contributed by atoms with Gasteiger partial charge >= 0.3 is 0 Å². The predicted molar refractivity (Wildman–Crippen MR) is 121 cm³/mol. The van der Waals surface area contributed by atoms with Crippen LogP contribution in [0.2, 0.25) is 0 Å². The topological polar surface area (TPSA) is 86.3 Å². The van der Waals surface area contributed by atoms with Crippen LogP contribution in [0.25, 0.3) is 5.57 Å². The van der Waals surface area contributed by atoms with Gasteiger partial charge in [-0.25, -0.2) is 0 Å². The highest BCUT2D eigenvalue weighted by atomic mass is 16.2. The summed E-state index contributed by atoms with van der Waals surface area (Å²) in [4.78, 5) is 21.4. The molecule has 0 bridgehead atoms. The predicted octanol–water partition coefficient (Wildman–Crippen LogP) is 2.87. The summed E-state index contributed by atoms with van der Waals surface area (Å²) in [5.41, 5.74) is 10.8. The van der Waals surface area contributed by atoms with Crippen LogP contribution in [-0.4, -0.2) is 48.2 Å². The van der Waals surface area contributed by atoms with Crippen LogP contribution in [0.15, 0.2) is 48.8 Å². The van der Waals surface area contributed by atoms with Crippen LogP contribution in [0.4, 0.5) is 5.69 Å². The van der Waals surface area contributed by atoms with Gasteiger partial charge in [0, 0.05) is 61.7 Å². The maximum atomic E-state index is 12.6. The molecule has 1 unspecified atom stereocenters. The highest BCUT2D eigenvalue weighted by Crippen LogP contribution is 2.31. The second-order valence-electron chi connectivity index (χ2n) is 8.15. The fourth-order valence-corrected chi connectivity index (χ4v) is 4.56. The summed E-state index contributed by atoms with van der Waals surface area (Å²) in [7, 11) is 0. The van der Waals surface area contributed by atoms with Crippen LogP contribution >= 0.6 is 0 Å². The molecule has 0 aliphatic carbocycles. The maximum absolute atomic E-state index is 12.6. The molecule has 2 aliphatic heterocycles. The van der Waals surface area contributed by atoms with Gasteiger partial charge in [0.15, 0.2) is 0 Å². The van der Waals surface area contributed by atoms with Gasteiger partial charge in [-0.1, -0.05) is 12.1 Å². The van der Waals surface area contributed by atoms with Crippen LogP contribution in [-0.2, 0) is 17.6 Å². The Balaban J connectivity index is 1.39. The van der Waals surface area contributed by atoms with E-state index in [1.165, 1.54) is 23.7 Å². The van der Waals surface area contributed by atoms with Gasteiger partial charge in [0.1, 0.15) is 0 Å². The highest BCUT2D eigenvalue weighted by molar-refractivity contribution is 6.08. The molecule has 156 valence electrons. The number of nitrogens with two attached hydrogens (primary N) is 1. The van der Waals surface area contributed by atoms with Crippen LogP contribution in [0, 0.1) is 11.3 Å². The standard InChI is InChI=1S/C24H29N5O/c25-14-21(15-26)19-6-7-23-20(12-19)4-3-10-28(23)16-18-8-11-29(17-18)24(30)13-22-5-1-2-9-27-22/h1-2,5-7,9,12,14-15,18,25H,3-4,8,10-11,13,16-17,26H2/b21-15+,25-14?. The summed E-state index contributed by atoms with van der Waals surface area (Å²) >= 11 is 0. The molecular formula is C24H29N5O. The van der Waals surface area contributed by atoms with Crippen molar-refractivity contribution >= 4 is 23.4 Å². The number of fused-ring (bicyclic) bond motifs is 1. The van der Waals surface area contributed by atoms with Crippen molar-refractivity contribution in [1.82, 2.24) is 9.88 Å². The van der Waals surface area contributed by atoms with Crippen molar-refractivity contribution in [2.45, 2.75) is 25.7 Å². The summed E-state index contributed by atoms with van der Waals surface area (Å²) in [5, 5.41) is 7.53. The summed E-state index contributed by atoms with van der Waals surface area (Å²) < 4.78 is 0. The Hall–Kier alpha value is -3.15. The molecule has 3 N–H and O–H groups in total. The van der Waals surface area contributed by atoms with Gasteiger partial charge in [-0.05, 0) is 60.6 Å². The molecule has 1 aromatic carbocycles. The Morgan fingerprint density at radius 3 is 2.93 bits per heavy atom. The summed E-state index contributed by atoms with van der Waals surface area (Å²) in [5.74, 6) is 0.664. The molecule has 0 saturated carbocycles. The monoisotopic (exact) mass is 403 g/mol. The first-order chi connectivity index (χ1) is 14.7. The van der Waals surface area contributed by atoms with Crippen molar-refractivity contribution in [2.24, 2.45) is 11.7 Å². The smallest absolute Gasteiger partial charge is 0.228 e. The van der Waals surface area contributed by atoms with Gasteiger partial charge in [-0.15, -0.1) is 0 Å². The van der Waals surface area contributed by atoms with Gasteiger partial charge in [0.2, 0.25) is 5.91 Å². The number of likely N-dealkylation sites (tertiary alicyclic amines) is 1. The quantitative estimate of drug-likeness (QED) is 0.726. The summed E-state index contributed by atoms with van der Waals surface area (Å²) in [6, 6.07) is 12.1. The van der Waals surface area contributed by atoms with Crippen LogP contribution < -0.4 is 10.6 Å². The number of nitrogens with one attached hydrogen (secondary N) is 1. The van der Waals surface area contributed by atoms with E-state index in [2.05, 4.69) is 28.1 Å². The van der Waals surface area contributed by atoms with E-state index in [0.29, 0.717) is 12.3 Å². The molecule has 30 heavy (non-hydrogen) atoms. The molecule has 6 heteroatoms. The second kappa shape index (κ2) is 9.11. The number of nitrogens with zero attached hydrogens (tertiary/aromatic N) is 3. The van der Waals surface area contributed by atoms with Crippen molar-refractivity contribution < 1.29 is 4.79 Å². The number of pyridine rings is 1. The number of carbonyl (C=O) groups is 1. The van der Waals surface area contributed by atoms with Crippen molar-refractivity contribution in [3.63, 3.8) is 0 Å². The first-order valence-corrected chi connectivity index (χ1v) is 10.7. The van der Waals surface area contributed by atoms with Gasteiger partial charge < -0.3 is 20.9 Å². The number of anilines is 1. The summed E-state index contributed by atoms with van der Waals surface area (Å²) in [6.45, 7) is 3.68. The number of benzene rings is 1. The molecule has 1 amide bonds. The third kappa shape index (κ3) is 4.37. The van der Waals surface area contributed by atoms with Gasteiger partial charge in [-0.2, -0.15) is 0 Å². The highest BCUT2D eigenvalue weighted by Gasteiger charge is 2.29. The molecule has 0 spiro atoms. The summed E-state index contributed by atoms with van der Waals surface area (Å²) in [6.07, 6.45) is 8.13. The van der Waals surface area contributed by atoms with E-state index in [4.69, 9.17) is 11.1 Å². The average Bonchev–Trinajstić information content (AvgIpc) is 3.24. The van der Waals surface area contributed by atoms with E-state index in [1.54, 1.807) is 6.20 Å². The maximum Gasteiger partial charge on any atom is 0.228 e. The molecule has 1 atom stereocenters. The van der Waals surface area contributed by atoms with E-state index in [9.17, 15) is 4.79 Å². The molecule has 2 aliphatic rings. The minimum absolute atomic E-state index is 0.174. The lowest BCUT2D eigenvalue weighted by atomic mass is 9.95. The van der Waals surface area contributed by atoms with Crippen LogP contribution in [0.3, 0.4) is 0 Å². The van der Waals surface area contributed by atoms with E-state index in [-0.39, 0.29) is 5.91 Å². The Morgan fingerprint density at radius 1 is 1.27 bits per heavy atom. The lowest BCUT2D eigenvalue weighted by Crippen LogP contribution is -2.36. The van der Waals surface area contributed by atoms with Gasteiger partial charge in [-0.3, -0.25) is 9.78 Å². The number of amides is 1. The number of aryl methyl sites for hydroxylation is 1. The minimum Gasteiger partial charge on any atom is -0.404 e. The van der Waals surface area contributed by atoms with Crippen LogP contribution in [0.1, 0.15) is 29.7 Å². The van der Waals surface area contributed by atoms with Gasteiger partial charge in [0.25, 0.3) is 0 Å². The zero-order valence-electron chi connectivity index (χ0n) is 17.3. The van der Waals surface area contributed by atoms with Crippen molar-refractivity contribution in [1.29, 1.82) is 5.41 Å². The lowest BCUT2D eigenvalue weighted by Gasteiger charge is -2.33. The largest absolute Gasteiger partial charge is 0.404 e. The molecule has 1 fully saturated rings. The second-order valence-corrected chi connectivity index (χ2v) is 8.15. The third-order valence-electron chi connectivity index (χ3n) is 6.14.